The van der Waals surface area contributed by atoms with E-state index in [2.05, 4.69) is 13.8 Å². The lowest BCUT2D eigenvalue weighted by molar-refractivity contribution is -0.143. The fourth-order valence-electron chi connectivity index (χ4n) is 6.40. The predicted octanol–water partition coefficient (Wildman–Crippen LogP) is 9.73. The predicted molar refractivity (Wildman–Crippen MR) is 166 cm³/mol. The van der Waals surface area contributed by atoms with Crippen LogP contribution in [0.25, 0.3) is 16.7 Å². The van der Waals surface area contributed by atoms with Crippen LogP contribution in [-0.2, 0) is 21.8 Å². The molecule has 3 aromatic carbocycles. The number of rotatable bonds is 7. The summed E-state index contributed by atoms with van der Waals surface area (Å²) in [5, 5.41) is 0. The van der Waals surface area contributed by atoms with Gasteiger partial charge in [-0.05, 0) is 114 Å². The first-order valence-corrected chi connectivity index (χ1v) is 15.3. The van der Waals surface area contributed by atoms with Crippen molar-refractivity contribution in [2.24, 2.45) is 5.41 Å². The molecule has 2 aliphatic rings. The SMILES string of the molecule is COC(=O)c1ccc(-c2cc(OC)cc(C3=C(CN4C(=O)O[C@H](c5cc(C(F)(F)F)cc(C(F)(F)F)c5)[C@@H]4C)CC(C)(C)CC3)c2)cc1. The summed E-state index contributed by atoms with van der Waals surface area (Å²) >= 11 is 0. The van der Waals surface area contributed by atoms with Gasteiger partial charge in [0, 0.05) is 6.54 Å². The van der Waals surface area contributed by atoms with Crippen molar-refractivity contribution in [1.82, 2.24) is 4.90 Å². The number of hydrogen-bond acceptors (Lipinski definition) is 5. The van der Waals surface area contributed by atoms with Gasteiger partial charge in [0.2, 0.25) is 0 Å². The number of benzene rings is 3. The summed E-state index contributed by atoms with van der Waals surface area (Å²) < 4.78 is 97.5. The number of halogens is 6. The van der Waals surface area contributed by atoms with E-state index in [-0.39, 0.29) is 23.6 Å². The molecule has 12 heteroatoms. The van der Waals surface area contributed by atoms with E-state index in [0.717, 1.165) is 34.3 Å². The van der Waals surface area contributed by atoms with Gasteiger partial charge in [-0.15, -0.1) is 0 Å². The normalized spacial score (nSPS) is 19.7. The maximum Gasteiger partial charge on any atom is 0.416 e. The van der Waals surface area contributed by atoms with Crippen LogP contribution in [0.2, 0.25) is 0 Å². The maximum absolute atomic E-state index is 13.6. The standard InChI is InChI=1S/C36H35F6NO5/c1-20-31(25-13-27(35(37,38)39)17-28(14-25)36(40,41)42)48-33(45)43(20)19-26-18-34(2,3)11-10-30(26)24-12-23(15-29(16-24)46-4)21-6-8-22(9-7-21)32(44)47-5/h6-9,12-17,20,31H,10-11,18-19H2,1-5H3/t20-,31-/m0/s1. The third kappa shape index (κ3) is 7.32. The summed E-state index contributed by atoms with van der Waals surface area (Å²) in [4.78, 5) is 26.5. The molecule has 0 bridgehead atoms. The van der Waals surface area contributed by atoms with Crippen molar-refractivity contribution in [2.45, 2.75) is 64.5 Å². The molecule has 2 atom stereocenters. The smallest absolute Gasteiger partial charge is 0.416 e. The molecule has 0 aromatic heterocycles. The lowest BCUT2D eigenvalue weighted by Crippen LogP contribution is -2.35. The number of methoxy groups -OCH3 is 2. The highest BCUT2D eigenvalue weighted by atomic mass is 19.4. The molecular weight excluding hydrogens is 640 g/mol. The van der Waals surface area contributed by atoms with Gasteiger partial charge < -0.3 is 14.2 Å². The molecule has 1 saturated heterocycles. The van der Waals surface area contributed by atoms with Gasteiger partial charge in [0.1, 0.15) is 11.9 Å². The highest BCUT2D eigenvalue weighted by molar-refractivity contribution is 5.90. The van der Waals surface area contributed by atoms with Crippen LogP contribution in [0.1, 0.15) is 78.7 Å². The first-order valence-electron chi connectivity index (χ1n) is 15.3. The molecule has 0 unspecified atom stereocenters. The number of ether oxygens (including phenoxy) is 3. The molecule has 6 nitrogen and oxygen atoms in total. The molecule has 3 aromatic rings. The van der Waals surface area contributed by atoms with Crippen molar-refractivity contribution in [3.63, 3.8) is 0 Å². The summed E-state index contributed by atoms with van der Waals surface area (Å²) in [6.45, 7) is 5.82. The van der Waals surface area contributed by atoms with Crippen LogP contribution < -0.4 is 4.74 Å². The number of allylic oxidation sites excluding steroid dienone is 1. The van der Waals surface area contributed by atoms with Gasteiger partial charge in [0.05, 0.1) is 37.0 Å². The molecule has 0 N–H and O–H groups in total. The number of carbonyl (C=O) groups excluding carboxylic acids is 2. The second kappa shape index (κ2) is 12.9. The van der Waals surface area contributed by atoms with Crippen molar-refractivity contribution in [1.29, 1.82) is 0 Å². The van der Waals surface area contributed by atoms with Crippen molar-refractivity contribution < 1.29 is 50.1 Å². The van der Waals surface area contributed by atoms with Crippen molar-refractivity contribution in [2.75, 3.05) is 20.8 Å². The molecule has 5 rings (SSSR count). The maximum atomic E-state index is 13.6. The zero-order valence-corrected chi connectivity index (χ0v) is 27.0. The zero-order valence-electron chi connectivity index (χ0n) is 27.0. The first kappa shape index (κ1) is 34.8. The molecular formula is C36H35F6NO5. The highest BCUT2D eigenvalue weighted by Crippen LogP contribution is 2.46. The van der Waals surface area contributed by atoms with Crippen LogP contribution in [0.4, 0.5) is 31.1 Å². The fourth-order valence-corrected chi connectivity index (χ4v) is 6.40. The molecule has 0 spiro atoms. The molecule has 1 aliphatic heterocycles. The van der Waals surface area contributed by atoms with Gasteiger partial charge in [0.25, 0.3) is 0 Å². The van der Waals surface area contributed by atoms with Crippen LogP contribution in [-0.4, -0.2) is 43.8 Å². The van der Waals surface area contributed by atoms with Crippen molar-refractivity contribution in [3.8, 4) is 16.9 Å². The second-order valence-corrected chi connectivity index (χ2v) is 13.0. The van der Waals surface area contributed by atoms with Crippen LogP contribution in [0.15, 0.2) is 66.2 Å². The van der Waals surface area contributed by atoms with Gasteiger partial charge >= 0.3 is 24.4 Å². The number of hydrogen-bond donors (Lipinski definition) is 0. The minimum atomic E-state index is -5.03. The topological polar surface area (TPSA) is 65.1 Å². The summed E-state index contributed by atoms with van der Waals surface area (Å²) in [5.74, 6) is 0.119. The van der Waals surface area contributed by atoms with E-state index in [4.69, 9.17) is 14.2 Å². The van der Waals surface area contributed by atoms with E-state index in [1.54, 1.807) is 38.3 Å². The number of carbonyl (C=O) groups is 2. The summed E-state index contributed by atoms with van der Waals surface area (Å²) in [5.41, 5.74) is 1.27. The zero-order chi connectivity index (χ0) is 35.2. The van der Waals surface area contributed by atoms with E-state index in [1.165, 1.54) is 12.0 Å². The van der Waals surface area contributed by atoms with E-state index >= 15 is 0 Å². The van der Waals surface area contributed by atoms with Crippen LogP contribution >= 0.6 is 0 Å². The third-order valence-corrected chi connectivity index (χ3v) is 8.99. The monoisotopic (exact) mass is 675 g/mol. The molecule has 0 saturated carbocycles. The molecule has 0 radical (unpaired) electrons. The molecule has 1 aliphatic carbocycles. The highest BCUT2D eigenvalue weighted by Gasteiger charge is 2.44. The van der Waals surface area contributed by atoms with Gasteiger partial charge in [-0.25, -0.2) is 9.59 Å². The summed E-state index contributed by atoms with van der Waals surface area (Å²) in [6.07, 6.45) is -10.2. The summed E-state index contributed by atoms with van der Waals surface area (Å²) in [6, 6.07) is 13.0. The Labute approximate surface area is 274 Å². The largest absolute Gasteiger partial charge is 0.497 e. The lowest BCUT2D eigenvalue weighted by atomic mass is 9.72. The third-order valence-electron chi connectivity index (χ3n) is 8.99. The molecule has 256 valence electrons. The number of amides is 1. The first-order chi connectivity index (χ1) is 22.4. The molecule has 48 heavy (non-hydrogen) atoms. The number of nitrogens with zero attached hydrogens (tertiary/aromatic N) is 1. The Morgan fingerprint density at radius 3 is 2.06 bits per heavy atom. The Bertz CT molecular complexity index is 1710. The average molecular weight is 676 g/mol. The Morgan fingerprint density at radius 2 is 1.50 bits per heavy atom. The van der Waals surface area contributed by atoms with Crippen molar-refractivity contribution >= 4 is 17.6 Å². The second-order valence-electron chi connectivity index (χ2n) is 13.0. The quantitative estimate of drug-likeness (QED) is 0.184. The molecule has 1 fully saturated rings. The average Bonchev–Trinajstić information content (AvgIpc) is 3.31. The number of esters is 1. The number of alkyl halides is 6. The van der Waals surface area contributed by atoms with Crippen LogP contribution in [0.3, 0.4) is 0 Å². The van der Waals surface area contributed by atoms with Gasteiger partial charge in [-0.1, -0.05) is 26.0 Å². The van der Waals surface area contributed by atoms with Gasteiger partial charge in [-0.2, -0.15) is 26.3 Å². The van der Waals surface area contributed by atoms with Gasteiger partial charge in [0.15, 0.2) is 0 Å². The number of cyclic esters (lactones) is 1. The fraction of sp³-hybridized carbons (Fsp3) is 0.389. The Balaban J connectivity index is 1.52. The Morgan fingerprint density at radius 1 is 0.896 bits per heavy atom. The Kier molecular flexibility index (Phi) is 9.33. The van der Waals surface area contributed by atoms with Crippen molar-refractivity contribution in [3.05, 3.63) is 94.1 Å². The summed E-state index contributed by atoms with van der Waals surface area (Å²) in [7, 11) is 2.85. The Hall–Kier alpha value is -4.48. The van der Waals surface area contributed by atoms with Crippen LogP contribution in [0, 0.1) is 5.41 Å². The minimum Gasteiger partial charge on any atom is -0.497 e. The minimum absolute atomic E-state index is 0.0554. The van der Waals surface area contributed by atoms with Gasteiger partial charge in [-0.3, -0.25) is 4.90 Å². The van der Waals surface area contributed by atoms with E-state index in [1.807, 2.05) is 18.2 Å². The van der Waals surface area contributed by atoms with E-state index in [9.17, 15) is 35.9 Å². The van der Waals surface area contributed by atoms with Crippen LogP contribution in [0.5, 0.6) is 5.75 Å². The van der Waals surface area contributed by atoms with E-state index in [0.29, 0.717) is 36.3 Å². The lowest BCUT2D eigenvalue weighted by Gasteiger charge is -2.35. The molecule has 1 heterocycles. The molecule has 1 amide bonds. The van der Waals surface area contributed by atoms with E-state index < -0.39 is 47.7 Å².